The Labute approximate surface area is 106 Å². The molecule has 1 aliphatic heterocycles. The highest BCUT2D eigenvalue weighted by molar-refractivity contribution is 6.31. The third kappa shape index (κ3) is 3.16. The molecule has 1 fully saturated rings. The first-order valence-electron chi connectivity index (χ1n) is 5.90. The number of nitrogens with two attached hydrogens (primary N) is 1. The molecule has 5 heteroatoms. The van der Waals surface area contributed by atoms with Crippen LogP contribution in [-0.4, -0.2) is 23.2 Å². The number of rotatable bonds is 4. The van der Waals surface area contributed by atoms with E-state index in [1.807, 2.05) is 6.07 Å². The number of nitrogens with one attached hydrogen (secondary N) is 1. The van der Waals surface area contributed by atoms with Crippen molar-refractivity contribution in [1.29, 1.82) is 0 Å². The fourth-order valence-corrected chi connectivity index (χ4v) is 2.43. The Balaban J connectivity index is 2.03. The molecule has 1 aliphatic rings. The van der Waals surface area contributed by atoms with E-state index in [1.165, 1.54) is 0 Å². The van der Waals surface area contributed by atoms with Crippen LogP contribution in [0, 0.1) is 0 Å². The van der Waals surface area contributed by atoms with E-state index in [1.54, 1.807) is 12.4 Å². The highest BCUT2D eigenvalue weighted by Gasteiger charge is 2.29. The van der Waals surface area contributed by atoms with Crippen LogP contribution in [0.15, 0.2) is 18.5 Å². The van der Waals surface area contributed by atoms with E-state index in [9.17, 15) is 0 Å². The molecule has 0 aromatic carbocycles. The minimum absolute atomic E-state index is 0.0971. The summed E-state index contributed by atoms with van der Waals surface area (Å²) in [5, 5.41) is 0.679. The van der Waals surface area contributed by atoms with Gasteiger partial charge in [-0.05, 0) is 37.8 Å². The number of halogens is 1. The van der Waals surface area contributed by atoms with E-state index in [0.717, 1.165) is 24.8 Å². The molecule has 1 aromatic rings. The van der Waals surface area contributed by atoms with Crippen molar-refractivity contribution in [3.05, 3.63) is 29.0 Å². The zero-order valence-electron chi connectivity index (χ0n) is 9.90. The van der Waals surface area contributed by atoms with Crippen molar-refractivity contribution in [1.82, 2.24) is 10.4 Å². The third-order valence-electron chi connectivity index (χ3n) is 3.22. The minimum Gasteiger partial charge on any atom is -0.374 e. The Morgan fingerprint density at radius 3 is 3.06 bits per heavy atom. The first-order chi connectivity index (χ1) is 8.20. The highest BCUT2D eigenvalue weighted by atomic mass is 35.5. The minimum atomic E-state index is 0.0971. The SMILES string of the molecule is CC1CCC(C(Cc2ccncc2Cl)NN)O1. The molecule has 2 rings (SSSR count). The van der Waals surface area contributed by atoms with Crippen molar-refractivity contribution in [3.8, 4) is 0 Å². The largest absolute Gasteiger partial charge is 0.374 e. The lowest BCUT2D eigenvalue weighted by molar-refractivity contribution is 0.0320. The Hall–Kier alpha value is -0.680. The van der Waals surface area contributed by atoms with Crippen LogP contribution in [0.3, 0.4) is 0 Å². The molecule has 0 saturated carbocycles. The molecular formula is C12H18ClN3O. The highest BCUT2D eigenvalue weighted by Crippen LogP contribution is 2.24. The molecule has 0 bridgehead atoms. The fraction of sp³-hybridized carbons (Fsp3) is 0.583. The average molecular weight is 256 g/mol. The first kappa shape index (κ1) is 12.8. The summed E-state index contributed by atoms with van der Waals surface area (Å²) in [6.45, 7) is 2.09. The number of hydrogen-bond donors (Lipinski definition) is 2. The second-order valence-electron chi connectivity index (χ2n) is 4.51. The predicted octanol–water partition coefficient (Wildman–Crippen LogP) is 1.68. The third-order valence-corrected chi connectivity index (χ3v) is 3.56. The van der Waals surface area contributed by atoms with E-state index in [0.29, 0.717) is 11.1 Å². The number of hydrogen-bond acceptors (Lipinski definition) is 4. The Bertz CT molecular complexity index is 375. The molecule has 0 radical (unpaired) electrons. The topological polar surface area (TPSA) is 60.2 Å². The summed E-state index contributed by atoms with van der Waals surface area (Å²) in [5.41, 5.74) is 3.89. The Morgan fingerprint density at radius 1 is 1.65 bits per heavy atom. The lowest BCUT2D eigenvalue weighted by atomic mass is 10.0. The van der Waals surface area contributed by atoms with Crippen LogP contribution in [-0.2, 0) is 11.2 Å². The summed E-state index contributed by atoms with van der Waals surface area (Å²) in [4.78, 5) is 3.97. The molecular weight excluding hydrogens is 238 g/mol. The Kier molecular flexibility index (Phi) is 4.34. The van der Waals surface area contributed by atoms with E-state index < -0.39 is 0 Å². The van der Waals surface area contributed by atoms with Gasteiger partial charge in [-0.25, -0.2) is 0 Å². The van der Waals surface area contributed by atoms with Crippen molar-refractivity contribution >= 4 is 11.6 Å². The molecule has 2 heterocycles. The van der Waals surface area contributed by atoms with Gasteiger partial charge in [0.05, 0.1) is 23.3 Å². The zero-order chi connectivity index (χ0) is 12.3. The van der Waals surface area contributed by atoms with Gasteiger partial charge in [0.2, 0.25) is 0 Å². The number of hydrazine groups is 1. The summed E-state index contributed by atoms with van der Waals surface area (Å²) in [7, 11) is 0. The maximum atomic E-state index is 6.09. The molecule has 94 valence electrons. The smallest absolute Gasteiger partial charge is 0.0749 e. The van der Waals surface area contributed by atoms with Gasteiger partial charge >= 0.3 is 0 Å². The molecule has 17 heavy (non-hydrogen) atoms. The molecule has 4 nitrogen and oxygen atoms in total. The van der Waals surface area contributed by atoms with Gasteiger partial charge in [-0.1, -0.05) is 11.6 Å². The maximum absolute atomic E-state index is 6.09. The van der Waals surface area contributed by atoms with Gasteiger partial charge in [0.25, 0.3) is 0 Å². The van der Waals surface area contributed by atoms with E-state index in [-0.39, 0.29) is 12.1 Å². The summed E-state index contributed by atoms with van der Waals surface area (Å²) in [5.74, 6) is 5.61. The van der Waals surface area contributed by atoms with Crippen molar-refractivity contribution in [2.24, 2.45) is 5.84 Å². The molecule has 1 saturated heterocycles. The van der Waals surface area contributed by atoms with Crippen LogP contribution in [0.1, 0.15) is 25.3 Å². The van der Waals surface area contributed by atoms with E-state index in [4.69, 9.17) is 22.2 Å². The van der Waals surface area contributed by atoms with Crippen LogP contribution in [0.4, 0.5) is 0 Å². The lowest BCUT2D eigenvalue weighted by Gasteiger charge is -2.23. The van der Waals surface area contributed by atoms with Crippen LogP contribution in [0.5, 0.6) is 0 Å². The lowest BCUT2D eigenvalue weighted by Crippen LogP contribution is -2.45. The van der Waals surface area contributed by atoms with Gasteiger partial charge < -0.3 is 4.74 Å². The second-order valence-corrected chi connectivity index (χ2v) is 4.91. The van der Waals surface area contributed by atoms with Gasteiger partial charge in [0, 0.05) is 12.4 Å². The molecule has 3 unspecified atom stereocenters. The van der Waals surface area contributed by atoms with Gasteiger partial charge in [-0.15, -0.1) is 0 Å². The van der Waals surface area contributed by atoms with Crippen molar-refractivity contribution in [2.45, 2.75) is 44.4 Å². The molecule has 3 N–H and O–H groups in total. The van der Waals surface area contributed by atoms with Gasteiger partial charge in [-0.3, -0.25) is 16.3 Å². The maximum Gasteiger partial charge on any atom is 0.0749 e. The monoisotopic (exact) mass is 255 g/mol. The summed E-state index contributed by atoms with van der Waals surface area (Å²) < 4.78 is 5.83. The standard InChI is InChI=1S/C12H18ClN3O/c1-8-2-3-12(17-8)11(16-14)6-9-4-5-15-7-10(9)13/h4-5,7-8,11-12,16H,2-3,6,14H2,1H3. The van der Waals surface area contributed by atoms with Gasteiger partial charge in [0.15, 0.2) is 0 Å². The van der Waals surface area contributed by atoms with Crippen molar-refractivity contribution in [2.75, 3.05) is 0 Å². The normalized spacial score (nSPS) is 26.1. The molecule has 0 amide bonds. The van der Waals surface area contributed by atoms with Gasteiger partial charge in [-0.2, -0.15) is 0 Å². The van der Waals surface area contributed by atoms with Crippen molar-refractivity contribution in [3.63, 3.8) is 0 Å². The zero-order valence-corrected chi connectivity index (χ0v) is 10.7. The number of pyridine rings is 1. The summed E-state index contributed by atoms with van der Waals surface area (Å²) in [6, 6.07) is 2.02. The summed E-state index contributed by atoms with van der Waals surface area (Å²) in [6.07, 6.45) is 6.78. The number of aromatic nitrogens is 1. The molecule has 0 spiro atoms. The number of ether oxygens (including phenoxy) is 1. The first-order valence-corrected chi connectivity index (χ1v) is 6.28. The van der Waals surface area contributed by atoms with Gasteiger partial charge in [0.1, 0.15) is 0 Å². The second kappa shape index (κ2) is 5.78. The fourth-order valence-electron chi connectivity index (χ4n) is 2.23. The van der Waals surface area contributed by atoms with Crippen LogP contribution in [0.2, 0.25) is 5.02 Å². The van der Waals surface area contributed by atoms with E-state index in [2.05, 4.69) is 17.3 Å². The van der Waals surface area contributed by atoms with Crippen LogP contribution in [0.25, 0.3) is 0 Å². The van der Waals surface area contributed by atoms with Crippen LogP contribution >= 0.6 is 11.6 Å². The summed E-state index contributed by atoms with van der Waals surface area (Å²) >= 11 is 6.09. The Morgan fingerprint density at radius 2 is 2.47 bits per heavy atom. The van der Waals surface area contributed by atoms with Crippen molar-refractivity contribution < 1.29 is 4.74 Å². The number of nitrogens with zero attached hydrogens (tertiary/aromatic N) is 1. The quantitative estimate of drug-likeness (QED) is 0.635. The van der Waals surface area contributed by atoms with Crippen LogP contribution < -0.4 is 11.3 Å². The molecule has 3 atom stereocenters. The average Bonchev–Trinajstić information content (AvgIpc) is 2.75. The predicted molar refractivity (Wildman–Crippen MR) is 67.6 cm³/mol. The molecule has 0 aliphatic carbocycles. The molecule has 1 aromatic heterocycles. The van der Waals surface area contributed by atoms with E-state index >= 15 is 0 Å².